The van der Waals surface area contributed by atoms with Crippen LogP contribution < -0.4 is 11.1 Å². The van der Waals surface area contributed by atoms with E-state index in [1.54, 1.807) is 13.3 Å². The van der Waals surface area contributed by atoms with Crippen LogP contribution in [0, 0.1) is 0 Å². The lowest BCUT2D eigenvalue weighted by atomic mass is 10.5. The summed E-state index contributed by atoms with van der Waals surface area (Å²) < 4.78 is 6.27. The van der Waals surface area contributed by atoms with E-state index in [-0.39, 0.29) is 12.5 Å². The summed E-state index contributed by atoms with van der Waals surface area (Å²) in [5.41, 5.74) is 5.99. The highest BCUT2D eigenvalue weighted by molar-refractivity contribution is 5.75. The second kappa shape index (κ2) is 5.23. The van der Waals surface area contributed by atoms with Gasteiger partial charge in [0.1, 0.15) is 6.54 Å². The number of ether oxygens (including phenoxy) is 1. The van der Waals surface area contributed by atoms with Gasteiger partial charge in [-0.05, 0) is 0 Å². The molecule has 1 heterocycles. The van der Waals surface area contributed by atoms with Crippen molar-refractivity contribution >= 4 is 11.6 Å². The molecule has 6 nitrogen and oxygen atoms in total. The van der Waals surface area contributed by atoms with Gasteiger partial charge in [0.25, 0.3) is 0 Å². The van der Waals surface area contributed by atoms with Gasteiger partial charge >= 0.3 is 0 Å². The first-order valence-corrected chi connectivity index (χ1v) is 4.26. The van der Waals surface area contributed by atoms with Gasteiger partial charge in [0.2, 0.25) is 5.91 Å². The lowest BCUT2D eigenvalue weighted by Crippen LogP contribution is -2.30. The lowest BCUT2D eigenvalue weighted by Gasteiger charge is -2.03. The molecule has 0 bridgehead atoms. The molecule has 3 N–H and O–H groups in total. The van der Waals surface area contributed by atoms with Crippen molar-refractivity contribution in [2.24, 2.45) is 0 Å². The zero-order chi connectivity index (χ0) is 10.4. The maximum atomic E-state index is 11.2. The minimum atomic E-state index is -0.106. The molecule has 0 aliphatic carbocycles. The molecule has 1 aromatic heterocycles. The number of rotatable bonds is 5. The van der Waals surface area contributed by atoms with Crippen LogP contribution in [-0.4, -0.2) is 35.9 Å². The van der Waals surface area contributed by atoms with Crippen molar-refractivity contribution < 1.29 is 9.53 Å². The van der Waals surface area contributed by atoms with Crippen molar-refractivity contribution in [2.45, 2.75) is 6.54 Å². The summed E-state index contributed by atoms with van der Waals surface area (Å²) in [6.07, 6.45) is 3.11. The van der Waals surface area contributed by atoms with E-state index in [2.05, 4.69) is 10.4 Å². The first-order valence-electron chi connectivity index (χ1n) is 4.26. The molecule has 0 aliphatic rings. The summed E-state index contributed by atoms with van der Waals surface area (Å²) in [7, 11) is 1.58. The number of methoxy groups -OCH3 is 1. The lowest BCUT2D eigenvalue weighted by molar-refractivity contribution is -0.122. The number of nitrogens with two attached hydrogens (primary N) is 1. The van der Waals surface area contributed by atoms with E-state index in [0.717, 1.165) is 0 Å². The minimum absolute atomic E-state index is 0.106. The van der Waals surface area contributed by atoms with Crippen molar-refractivity contribution in [2.75, 3.05) is 26.0 Å². The average Bonchev–Trinajstić information content (AvgIpc) is 2.52. The van der Waals surface area contributed by atoms with Crippen molar-refractivity contribution in [1.82, 2.24) is 15.1 Å². The number of hydrogen-bond acceptors (Lipinski definition) is 4. The average molecular weight is 198 g/mol. The maximum Gasteiger partial charge on any atom is 0.241 e. The standard InChI is InChI=1S/C8H14N4O2/c1-14-3-2-10-8(13)6-12-5-7(9)4-11-12/h4-5H,2-3,6,9H2,1H3,(H,10,13). The SMILES string of the molecule is COCCNC(=O)Cn1cc(N)cn1. The molecule has 0 spiro atoms. The molecule has 6 heteroatoms. The molecule has 0 fully saturated rings. The van der Waals surface area contributed by atoms with Crippen LogP contribution >= 0.6 is 0 Å². The van der Waals surface area contributed by atoms with Gasteiger partial charge in [0, 0.05) is 19.9 Å². The zero-order valence-electron chi connectivity index (χ0n) is 8.06. The van der Waals surface area contributed by atoms with Gasteiger partial charge < -0.3 is 15.8 Å². The number of nitrogen functional groups attached to an aromatic ring is 1. The van der Waals surface area contributed by atoms with Crippen LogP contribution in [-0.2, 0) is 16.1 Å². The molecule has 0 aromatic carbocycles. The summed E-state index contributed by atoms with van der Waals surface area (Å²) in [5.74, 6) is -0.106. The van der Waals surface area contributed by atoms with Gasteiger partial charge in [0.15, 0.2) is 0 Å². The van der Waals surface area contributed by atoms with E-state index in [4.69, 9.17) is 10.5 Å². The third kappa shape index (κ3) is 3.44. The number of carbonyl (C=O) groups excluding carboxylic acids is 1. The summed E-state index contributed by atoms with van der Waals surface area (Å²) in [6.45, 7) is 1.19. The van der Waals surface area contributed by atoms with Gasteiger partial charge in [-0.25, -0.2) is 0 Å². The second-order valence-electron chi connectivity index (χ2n) is 2.81. The smallest absolute Gasteiger partial charge is 0.241 e. The van der Waals surface area contributed by atoms with Crippen LogP contribution in [0.15, 0.2) is 12.4 Å². The molecule has 14 heavy (non-hydrogen) atoms. The minimum Gasteiger partial charge on any atom is -0.396 e. The van der Waals surface area contributed by atoms with Crippen molar-refractivity contribution in [3.8, 4) is 0 Å². The van der Waals surface area contributed by atoms with E-state index in [9.17, 15) is 4.79 Å². The number of amides is 1. The van der Waals surface area contributed by atoms with Crippen LogP contribution in [0.1, 0.15) is 0 Å². The van der Waals surface area contributed by atoms with Crippen LogP contribution in [0.2, 0.25) is 0 Å². The molecular formula is C8H14N4O2. The number of hydrogen-bond donors (Lipinski definition) is 2. The molecule has 1 aromatic rings. The number of anilines is 1. The Labute approximate surface area is 82.0 Å². The Hall–Kier alpha value is -1.56. The maximum absolute atomic E-state index is 11.2. The fourth-order valence-corrected chi connectivity index (χ4v) is 0.962. The van der Waals surface area contributed by atoms with Gasteiger partial charge in [-0.2, -0.15) is 5.10 Å². The summed E-state index contributed by atoms with van der Waals surface area (Å²) >= 11 is 0. The normalized spacial score (nSPS) is 10.1. The Bertz CT molecular complexity index is 297. The van der Waals surface area contributed by atoms with Gasteiger partial charge in [-0.3, -0.25) is 9.48 Å². The van der Waals surface area contributed by atoms with Gasteiger partial charge in [-0.1, -0.05) is 0 Å². The van der Waals surface area contributed by atoms with Gasteiger partial charge in [0.05, 0.1) is 18.5 Å². The molecule has 0 aliphatic heterocycles. The van der Waals surface area contributed by atoms with E-state index in [0.29, 0.717) is 18.8 Å². The molecule has 1 rings (SSSR count). The third-order valence-electron chi connectivity index (χ3n) is 1.59. The summed E-state index contributed by atoms with van der Waals surface area (Å²) in [5, 5.41) is 6.56. The number of nitrogens with one attached hydrogen (secondary N) is 1. The van der Waals surface area contributed by atoms with Crippen LogP contribution in [0.5, 0.6) is 0 Å². The Morgan fingerprint density at radius 3 is 3.14 bits per heavy atom. The molecule has 0 radical (unpaired) electrons. The summed E-state index contributed by atoms with van der Waals surface area (Å²) in [4.78, 5) is 11.2. The predicted molar refractivity (Wildman–Crippen MR) is 51.5 cm³/mol. The molecular weight excluding hydrogens is 184 g/mol. The highest BCUT2D eigenvalue weighted by Gasteiger charge is 2.02. The van der Waals surface area contributed by atoms with Crippen molar-refractivity contribution in [1.29, 1.82) is 0 Å². The fourth-order valence-electron chi connectivity index (χ4n) is 0.962. The fraction of sp³-hybridized carbons (Fsp3) is 0.500. The molecule has 0 unspecified atom stereocenters. The zero-order valence-corrected chi connectivity index (χ0v) is 8.06. The monoisotopic (exact) mass is 198 g/mol. The summed E-state index contributed by atoms with van der Waals surface area (Å²) in [6, 6.07) is 0. The quantitative estimate of drug-likeness (QED) is 0.608. The molecule has 0 atom stereocenters. The van der Waals surface area contributed by atoms with Crippen LogP contribution in [0.25, 0.3) is 0 Å². The molecule has 78 valence electrons. The topological polar surface area (TPSA) is 82.2 Å². The highest BCUT2D eigenvalue weighted by Crippen LogP contribution is 1.96. The van der Waals surface area contributed by atoms with E-state index in [1.165, 1.54) is 10.9 Å². The predicted octanol–water partition coefficient (Wildman–Crippen LogP) is -0.772. The van der Waals surface area contributed by atoms with E-state index >= 15 is 0 Å². The Kier molecular flexibility index (Phi) is 3.93. The number of carbonyl (C=O) groups is 1. The van der Waals surface area contributed by atoms with Crippen LogP contribution in [0.4, 0.5) is 5.69 Å². The molecule has 0 saturated heterocycles. The third-order valence-corrected chi connectivity index (χ3v) is 1.59. The van der Waals surface area contributed by atoms with Gasteiger partial charge in [-0.15, -0.1) is 0 Å². The first-order chi connectivity index (χ1) is 6.72. The van der Waals surface area contributed by atoms with Crippen molar-refractivity contribution in [3.05, 3.63) is 12.4 Å². The largest absolute Gasteiger partial charge is 0.396 e. The Morgan fingerprint density at radius 2 is 2.57 bits per heavy atom. The van der Waals surface area contributed by atoms with Crippen molar-refractivity contribution in [3.63, 3.8) is 0 Å². The Balaban J connectivity index is 2.27. The van der Waals surface area contributed by atoms with E-state index < -0.39 is 0 Å². The van der Waals surface area contributed by atoms with E-state index in [1.807, 2.05) is 0 Å². The number of aromatic nitrogens is 2. The number of nitrogens with zero attached hydrogens (tertiary/aromatic N) is 2. The van der Waals surface area contributed by atoms with Crippen LogP contribution in [0.3, 0.4) is 0 Å². The highest BCUT2D eigenvalue weighted by atomic mass is 16.5. The Morgan fingerprint density at radius 1 is 1.79 bits per heavy atom. The second-order valence-corrected chi connectivity index (χ2v) is 2.81. The molecule has 0 saturated carbocycles. The first kappa shape index (κ1) is 10.5. The molecule has 1 amide bonds.